The Morgan fingerprint density at radius 3 is 2.16 bits per heavy atom. The van der Waals surface area contributed by atoms with Crippen molar-refractivity contribution in [3.63, 3.8) is 0 Å². The van der Waals surface area contributed by atoms with Gasteiger partial charge in [-0.2, -0.15) is 0 Å². The van der Waals surface area contributed by atoms with Gasteiger partial charge in [0.1, 0.15) is 0 Å². The van der Waals surface area contributed by atoms with E-state index in [2.05, 4.69) is 166 Å². The minimum atomic E-state index is 0.0775. The Hall–Kier alpha value is -6.46. The van der Waals surface area contributed by atoms with Crippen LogP contribution in [-0.4, -0.2) is 19.1 Å². The van der Waals surface area contributed by atoms with Crippen molar-refractivity contribution in [2.45, 2.75) is 12.0 Å². The van der Waals surface area contributed by atoms with Crippen LogP contribution in [0.15, 0.2) is 146 Å². The number of para-hydroxylation sites is 5. The van der Waals surface area contributed by atoms with E-state index >= 15 is 0 Å². The molecule has 5 nitrogen and oxygen atoms in total. The molecule has 3 aromatic heterocycles. The molecular weight excluding hydrogens is 599 g/mol. The topological polar surface area (TPSA) is 38.9 Å². The summed E-state index contributed by atoms with van der Waals surface area (Å²) in [5.41, 5.74) is 14.1. The van der Waals surface area contributed by atoms with Gasteiger partial charge in [0, 0.05) is 44.3 Å². The van der Waals surface area contributed by atoms with E-state index in [1.54, 1.807) is 0 Å². The fraction of sp³-hybridized carbons (Fsp3) is 0.0455. The van der Waals surface area contributed by atoms with Gasteiger partial charge in [-0.25, -0.2) is 9.97 Å². The van der Waals surface area contributed by atoms with Crippen molar-refractivity contribution in [2.24, 2.45) is 0 Å². The Balaban J connectivity index is 1.29. The van der Waals surface area contributed by atoms with Crippen molar-refractivity contribution < 1.29 is 0 Å². The largest absolute Gasteiger partial charge is 0.331 e. The predicted molar refractivity (Wildman–Crippen MR) is 199 cm³/mol. The third kappa shape index (κ3) is 3.15. The molecule has 5 heteroatoms. The van der Waals surface area contributed by atoms with E-state index in [-0.39, 0.29) is 12.0 Å². The van der Waals surface area contributed by atoms with Gasteiger partial charge in [-0.05, 0) is 48.0 Å². The lowest BCUT2D eigenvalue weighted by molar-refractivity contribution is 0.666. The summed E-state index contributed by atoms with van der Waals surface area (Å²) in [5, 5.41) is 4.84. The van der Waals surface area contributed by atoms with Gasteiger partial charge < -0.3 is 9.47 Å². The van der Waals surface area contributed by atoms with Crippen LogP contribution in [0.25, 0.3) is 72.6 Å². The molecule has 0 saturated heterocycles. The molecule has 0 N–H and O–H groups in total. The van der Waals surface area contributed by atoms with Crippen LogP contribution < -0.4 is 4.90 Å². The van der Waals surface area contributed by atoms with Crippen LogP contribution in [0, 0.1) is 0 Å². The van der Waals surface area contributed by atoms with Gasteiger partial charge in [-0.3, -0.25) is 4.57 Å². The van der Waals surface area contributed by atoms with E-state index in [0.717, 1.165) is 33.4 Å². The van der Waals surface area contributed by atoms with Gasteiger partial charge in [0.15, 0.2) is 0 Å². The molecule has 3 aliphatic rings. The fourth-order valence-electron chi connectivity index (χ4n) is 9.11. The maximum atomic E-state index is 5.41. The average Bonchev–Trinajstić information content (AvgIpc) is 3.79. The lowest BCUT2D eigenvalue weighted by Crippen LogP contribution is -2.26. The molecule has 2 unspecified atom stereocenters. The summed E-state index contributed by atoms with van der Waals surface area (Å²) in [7, 11) is 0. The van der Waals surface area contributed by atoms with E-state index in [0.29, 0.717) is 5.95 Å². The predicted octanol–water partition coefficient (Wildman–Crippen LogP) is 10.7. The number of aromatic nitrogens is 4. The standard InChI is InChI=1S/C44H27N5/c1-2-12-26(13-3-1)41-31-16-4-7-17-32(31)45-44(46-41)49-37-24-22-29-27-14-5-8-18-33(27)47-35-20-10-11-21-36(35)48-34-19-9-6-15-28(34)30-23-25-38(49)40(43(30)48)39(37)42(29)47/h1-25,29,42H. The molecule has 49 heavy (non-hydrogen) atoms. The summed E-state index contributed by atoms with van der Waals surface area (Å²) in [6, 6.07) is 50.3. The molecule has 6 aromatic carbocycles. The lowest BCUT2D eigenvalue weighted by atomic mass is 9.84. The van der Waals surface area contributed by atoms with Gasteiger partial charge in [-0.15, -0.1) is 0 Å². The maximum absolute atomic E-state index is 5.41. The van der Waals surface area contributed by atoms with Crippen LogP contribution in [-0.2, 0) is 0 Å². The second-order valence-electron chi connectivity index (χ2n) is 13.3. The minimum absolute atomic E-state index is 0.0775. The number of anilines is 2. The van der Waals surface area contributed by atoms with Gasteiger partial charge in [0.05, 0.1) is 50.9 Å². The fourth-order valence-corrected chi connectivity index (χ4v) is 9.11. The second-order valence-corrected chi connectivity index (χ2v) is 13.3. The van der Waals surface area contributed by atoms with Crippen LogP contribution in [0.4, 0.5) is 11.4 Å². The molecule has 2 atom stereocenters. The number of benzene rings is 6. The molecule has 12 rings (SSSR count). The summed E-state index contributed by atoms with van der Waals surface area (Å²) in [6.07, 6.45) is 4.75. The van der Waals surface area contributed by atoms with Crippen LogP contribution in [0.2, 0.25) is 0 Å². The van der Waals surface area contributed by atoms with E-state index in [1.165, 1.54) is 55.4 Å². The van der Waals surface area contributed by atoms with Crippen LogP contribution >= 0.6 is 0 Å². The van der Waals surface area contributed by atoms with Crippen molar-refractivity contribution in [3.8, 4) is 22.9 Å². The first kappa shape index (κ1) is 25.6. The molecule has 228 valence electrons. The van der Waals surface area contributed by atoms with E-state index in [4.69, 9.17) is 9.97 Å². The van der Waals surface area contributed by atoms with Crippen LogP contribution in [0.3, 0.4) is 0 Å². The van der Waals surface area contributed by atoms with Gasteiger partial charge in [0.25, 0.3) is 0 Å². The van der Waals surface area contributed by atoms with Crippen LogP contribution in [0.1, 0.15) is 28.8 Å². The first-order chi connectivity index (χ1) is 24.3. The Morgan fingerprint density at radius 1 is 0.531 bits per heavy atom. The van der Waals surface area contributed by atoms with E-state index < -0.39 is 0 Å². The lowest BCUT2D eigenvalue weighted by Gasteiger charge is -2.35. The third-order valence-electron chi connectivity index (χ3n) is 11.0. The molecule has 1 aliphatic carbocycles. The summed E-state index contributed by atoms with van der Waals surface area (Å²) >= 11 is 0. The zero-order chi connectivity index (χ0) is 31.8. The molecule has 0 radical (unpaired) electrons. The number of nitrogens with zero attached hydrogens (tertiary/aromatic N) is 5. The molecule has 0 amide bonds. The molecule has 5 heterocycles. The average molecular weight is 626 g/mol. The number of rotatable bonds is 2. The van der Waals surface area contributed by atoms with Crippen molar-refractivity contribution in [3.05, 3.63) is 162 Å². The number of fused-ring (bicyclic) bond motifs is 10. The number of hydrogen-bond donors (Lipinski definition) is 0. The van der Waals surface area contributed by atoms with Crippen molar-refractivity contribution in [1.82, 2.24) is 19.1 Å². The quantitative estimate of drug-likeness (QED) is 0.192. The minimum Gasteiger partial charge on any atom is -0.331 e. The number of hydrogen-bond acceptors (Lipinski definition) is 3. The maximum Gasteiger partial charge on any atom is 0.235 e. The Bertz CT molecular complexity index is 2910. The van der Waals surface area contributed by atoms with Crippen molar-refractivity contribution in [1.29, 1.82) is 0 Å². The Kier molecular flexibility index (Phi) is 4.76. The van der Waals surface area contributed by atoms with Crippen molar-refractivity contribution in [2.75, 3.05) is 4.90 Å². The van der Waals surface area contributed by atoms with Crippen molar-refractivity contribution >= 4 is 61.1 Å². The molecule has 2 aliphatic heterocycles. The normalized spacial score (nSPS) is 16.9. The SMILES string of the molecule is C1=CC2c3ccccc3N3c4ccccc4-n4c5ccccc5c5ccc6c(c(c1n6-c1nc(-c6ccccc6)c6ccccc6n1)C23)c54. The zero-order valence-corrected chi connectivity index (χ0v) is 26.3. The third-order valence-corrected chi connectivity index (χ3v) is 11.0. The summed E-state index contributed by atoms with van der Waals surface area (Å²) < 4.78 is 4.84. The van der Waals surface area contributed by atoms with Gasteiger partial charge in [-0.1, -0.05) is 109 Å². The van der Waals surface area contributed by atoms with Gasteiger partial charge >= 0.3 is 0 Å². The highest BCUT2D eigenvalue weighted by Gasteiger charge is 2.46. The molecule has 9 aromatic rings. The zero-order valence-electron chi connectivity index (χ0n) is 26.3. The highest BCUT2D eigenvalue weighted by molar-refractivity contribution is 6.21. The Labute approximate surface area is 281 Å². The van der Waals surface area contributed by atoms with Gasteiger partial charge in [0.2, 0.25) is 5.95 Å². The summed E-state index contributed by atoms with van der Waals surface area (Å²) in [6.45, 7) is 0. The first-order valence-corrected chi connectivity index (χ1v) is 16.9. The smallest absolute Gasteiger partial charge is 0.235 e. The summed E-state index contributed by atoms with van der Waals surface area (Å²) in [4.78, 5) is 13.3. The highest BCUT2D eigenvalue weighted by Crippen LogP contribution is 2.60. The van der Waals surface area contributed by atoms with E-state index in [1.807, 2.05) is 0 Å². The highest BCUT2D eigenvalue weighted by atomic mass is 15.2. The van der Waals surface area contributed by atoms with E-state index in [9.17, 15) is 0 Å². The molecule has 0 saturated carbocycles. The molecule has 0 bridgehead atoms. The second kappa shape index (κ2) is 9.12. The van der Waals surface area contributed by atoms with Crippen LogP contribution in [0.5, 0.6) is 0 Å². The summed E-state index contributed by atoms with van der Waals surface area (Å²) in [5.74, 6) is 0.895. The molecular formula is C44H27N5. The monoisotopic (exact) mass is 625 g/mol. The molecule has 0 fully saturated rings. The molecule has 0 spiro atoms. The first-order valence-electron chi connectivity index (χ1n) is 16.9. The Morgan fingerprint density at radius 2 is 1.27 bits per heavy atom.